The average molecular weight is 287 g/mol. The van der Waals surface area contributed by atoms with Crippen molar-refractivity contribution in [3.8, 4) is 5.75 Å². The summed E-state index contributed by atoms with van der Waals surface area (Å²) in [6, 6.07) is 6.52. The number of anilines is 2. The van der Waals surface area contributed by atoms with Gasteiger partial charge in [0, 0.05) is 5.69 Å². The first-order valence-corrected chi connectivity index (χ1v) is 6.02. The second kappa shape index (κ2) is 5.91. The lowest BCUT2D eigenvalue weighted by atomic mass is 10.2. The van der Waals surface area contributed by atoms with Gasteiger partial charge in [0.25, 0.3) is 0 Å². The summed E-state index contributed by atoms with van der Waals surface area (Å²) in [6.45, 7) is 1.83. The molecule has 2 amide bonds. The lowest BCUT2D eigenvalue weighted by Gasteiger charge is -2.09. The van der Waals surface area contributed by atoms with E-state index < -0.39 is 12.0 Å². The van der Waals surface area contributed by atoms with Crippen LogP contribution >= 0.6 is 0 Å². The van der Waals surface area contributed by atoms with Crippen LogP contribution in [0.25, 0.3) is 0 Å². The standard InChI is InChI=1S/C14H13N3O4/c1-8-2-4-10(7-15-8)16-14(21)17-11-5-3-9(13(19)20)6-12(11)18/h2-7,18H,1H3,(H,19,20)(H2,16,17,21). The highest BCUT2D eigenvalue weighted by atomic mass is 16.4. The van der Waals surface area contributed by atoms with Gasteiger partial charge in [0.2, 0.25) is 0 Å². The number of hydrogen-bond donors (Lipinski definition) is 4. The summed E-state index contributed by atoms with van der Waals surface area (Å²) in [4.78, 5) is 26.5. The highest BCUT2D eigenvalue weighted by Gasteiger charge is 2.10. The Morgan fingerprint density at radius 2 is 1.90 bits per heavy atom. The summed E-state index contributed by atoms with van der Waals surface area (Å²) in [6.07, 6.45) is 1.50. The molecule has 0 fully saturated rings. The van der Waals surface area contributed by atoms with E-state index in [4.69, 9.17) is 5.11 Å². The lowest BCUT2D eigenvalue weighted by Crippen LogP contribution is -2.19. The number of nitrogens with zero attached hydrogens (tertiary/aromatic N) is 1. The van der Waals surface area contributed by atoms with Gasteiger partial charge in [-0.05, 0) is 37.3 Å². The van der Waals surface area contributed by atoms with Crippen molar-refractivity contribution in [1.82, 2.24) is 4.98 Å². The molecule has 0 atom stereocenters. The number of carboxylic acid groups (broad SMARTS) is 1. The molecule has 7 heteroatoms. The second-order valence-corrected chi connectivity index (χ2v) is 4.30. The van der Waals surface area contributed by atoms with Gasteiger partial charge in [-0.15, -0.1) is 0 Å². The van der Waals surface area contributed by atoms with Gasteiger partial charge in [0.15, 0.2) is 0 Å². The van der Waals surface area contributed by atoms with Gasteiger partial charge >= 0.3 is 12.0 Å². The Morgan fingerprint density at radius 1 is 1.14 bits per heavy atom. The molecule has 0 aliphatic carbocycles. The summed E-state index contributed by atoms with van der Waals surface area (Å²) in [5.41, 5.74) is 1.36. The number of carbonyl (C=O) groups excluding carboxylic acids is 1. The van der Waals surface area contributed by atoms with E-state index in [1.807, 2.05) is 6.92 Å². The number of aromatic nitrogens is 1. The number of carboxylic acids is 1. The van der Waals surface area contributed by atoms with E-state index in [9.17, 15) is 14.7 Å². The van der Waals surface area contributed by atoms with Gasteiger partial charge in [0.1, 0.15) is 5.75 Å². The van der Waals surface area contributed by atoms with Crippen LogP contribution in [0.3, 0.4) is 0 Å². The fourth-order valence-corrected chi connectivity index (χ4v) is 1.60. The summed E-state index contributed by atoms with van der Waals surface area (Å²) >= 11 is 0. The smallest absolute Gasteiger partial charge is 0.335 e. The quantitative estimate of drug-likeness (QED) is 0.648. The Balaban J connectivity index is 2.06. The molecule has 0 radical (unpaired) electrons. The predicted octanol–water partition coefficient (Wildman–Crippen LogP) is 2.44. The highest BCUT2D eigenvalue weighted by molar-refractivity contribution is 6.01. The van der Waals surface area contributed by atoms with Gasteiger partial charge < -0.3 is 20.8 Å². The zero-order chi connectivity index (χ0) is 15.4. The molecular weight excluding hydrogens is 274 g/mol. The molecule has 0 saturated carbocycles. The topological polar surface area (TPSA) is 112 Å². The van der Waals surface area contributed by atoms with E-state index in [0.29, 0.717) is 5.69 Å². The van der Waals surface area contributed by atoms with Crippen molar-refractivity contribution in [2.24, 2.45) is 0 Å². The SMILES string of the molecule is Cc1ccc(NC(=O)Nc2ccc(C(=O)O)cc2O)cn1. The number of amides is 2. The first kappa shape index (κ1) is 14.3. The molecule has 7 nitrogen and oxygen atoms in total. The van der Waals surface area contributed by atoms with Gasteiger partial charge in [-0.25, -0.2) is 9.59 Å². The average Bonchev–Trinajstić information content (AvgIpc) is 2.43. The van der Waals surface area contributed by atoms with E-state index in [1.165, 1.54) is 18.3 Å². The van der Waals surface area contributed by atoms with Crippen molar-refractivity contribution >= 4 is 23.4 Å². The Kier molecular flexibility index (Phi) is 4.03. The minimum absolute atomic E-state index is 0.0683. The van der Waals surface area contributed by atoms with Crippen LogP contribution in [0.15, 0.2) is 36.5 Å². The highest BCUT2D eigenvalue weighted by Crippen LogP contribution is 2.24. The van der Waals surface area contributed by atoms with E-state index >= 15 is 0 Å². The molecule has 4 N–H and O–H groups in total. The third kappa shape index (κ3) is 3.69. The summed E-state index contributed by atoms with van der Waals surface area (Å²) < 4.78 is 0. The minimum Gasteiger partial charge on any atom is -0.506 e. The van der Waals surface area contributed by atoms with Crippen molar-refractivity contribution in [3.63, 3.8) is 0 Å². The van der Waals surface area contributed by atoms with Crippen molar-refractivity contribution < 1.29 is 19.8 Å². The lowest BCUT2D eigenvalue weighted by molar-refractivity contribution is 0.0696. The van der Waals surface area contributed by atoms with E-state index in [-0.39, 0.29) is 17.0 Å². The Labute approximate surface area is 120 Å². The van der Waals surface area contributed by atoms with Crippen molar-refractivity contribution in [2.75, 3.05) is 10.6 Å². The van der Waals surface area contributed by atoms with Crippen molar-refractivity contribution in [3.05, 3.63) is 47.8 Å². The molecule has 0 unspecified atom stereocenters. The van der Waals surface area contributed by atoms with Crippen molar-refractivity contribution in [1.29, 1.82) is 0 Å². The molecule has 0 aliphatic heterocycles. The number of aromatic hydroxyl groups is 1. The molecular formula is C14H13N3O4. The van der Waals surface area contributed by atoms with Crippen LogP contribution < -0.4 is 10.6 Å². The van der Waals surface area contributed by atoms with Crippen LogP contribution in [0.4, 0.5) is 16.2 Å². The van der Waals surface area contributed by atoms with Crippen LogP contribution in [0.5, 0.6) is 5.75 Å². The molecule has 1 heterocycles. The molecule has 2 aromatic rings. The van der Waals surface area contributed by atoms with Gasteiger partial charge in [-0.1, -0.05) is 0 Å². The first-order chi connectivity index (χ1) is 9.95. The van der Waals surface area contributed by atoms with Gasteiger partial charge in [-0.3, -0.25) is 4.98 Å². The van der Waals surface area contributed by atoms with E-state index in [1.54, 1.807) is 12.1 Å². The Bertz CT molecular complexity index is 683. The zero-order valence-corrected chi connectivity index (χ0v) is 11.1. The monoisotopic (exact) mass is 287 g/mol. The summed E-state index contributed by atoms with van der Waals surface area (Å²) in [7, 11) is 0. The third-order valence-electron chi connectivity index (χ3n) is 2.66. The van der Waals surface area contributed by atoms with Gasteiger partial charge in [0.05, 0.1) is 23.1 Å². The first-order valence-electron chi connectivity index (χ1n) is 6.02. The van der Waals surface area contributed by atoms with Crippen molar-refractivity contribution in [2.45, 2.75) is 6.92 Å². The van der Waals surface area contributed by atoms with E-state index in [0.717, 1.165) is 11.8 Å². The minimum atomic E-state index is -1.16. The Morgan fingerprint density at radius 3 is 2.48 bits per heavy atom. The largest absolute Gasteiger partial charge is 0.506 e. The van der Waals surface area contributed by atoms with Crippen LogP contribution in [0.2, 0.25) is 0 Å². The number of phenols is 1. The normalized spacial score (nSPS) is 9.95. The summed E-state index contributed by atoms with van der Waals surface area (Å²) in [5.74, 6) is -1.49. The number of aryl methyl sites for hydroxylation is 1. The number of carbonyl (C=O) groups is 2. The van der Waals surface area contributed by atoms with Crippen LogP contribution in [-0.2, 0) is 0 Å². The number of urea groups is 1. The molecule has 1 aromatic heterocycles. The molecule has 0 aliphatic rings. The van der Waals surface area contributed by atoms with Gasteiger partial charge in [-0.2, -0.15) is 0 Å². The number of nitrogens with one attached hydrogen (secondary N) is 2. The second-order valence-electron chi connectivity index (χ2n) is 4.30. The fraction of sp³-hybridized carbons (Fsp3) is 0.0714. The maximum atomic E-state index is 11.8. The number of aromatic carboxylic acids is 1. The number of benzene rings is 1. The Hall–Kier alpha value is -3.09. The molecule has 0 spiro atoms. The third-order valence-corrected chi connectivity index (χ3v) is 2.66. The number of pyridine rings is 1. The zero-order valence-electron chi connectivity index (χ0n) is 11.1. The van der Waals surface area contributed by atoms with Crippen LogP contribution in [0.1, 0.15) is 16.1 Å². The molecule has 1 aromatic carbocycles. The number of rotatable bonds is 3. The molecule has 21 heavy (non-hydrogen) atoms. The molecule has 0 bridgehead atoms. The number of hydrogen-bond acceptors (Lipinski definition) is 4. The maximum absolute atomic E-state index is 11.8. The maximum Gasteiger partial charge on any atom is 0.335 e. The fourth-order valence-electron chi connectivity index (χ4n) is 1.60. The van der Waals surface area contributed by atoms with Crippen LogP contribution in [0, 0.1) is 6.92 Å². The predicted molar refractivity (Wildman–Crippen MR) is 76.7 cm³/mol. The molecule has 2 rings (SSSR count). The summed E-state index contributed by atoms with van der Waals surface area (Å²) in [5, 5.41) is 23.4. The molecule has 0 saturated heterocycles. The van der Waals surface area contributed by atoms with E-state index in [2.05, 4.69) is 15.6 Å². The van der Waals surface area contributed by atoms with Crippen LogP contribution in [-0.4, -0.2) is 27.2 Å². The number of phenolic OH excluding ortho intramolecular Hbond substituents is 1. The molecule has 108 valence electrons.